The van der Waals surface area contributed by atoms with Gasteiger partial charge in [0.1, 0.15) is 5.82 Å². The predicted octanol–water partition coefficient (Wildman–Crippen LogP) is 3.49. The molecule has 3 atom stereocenters. The van der Waals surface area contributed by atoms with Crippen LogP contribution >= 0.6 is 23.2 Å². The fraction of sp³-hybridized carbons (Fsp3) is 0.600. The van der Waals surface area contributed by atoms with Crippen LogP contribution in [0, 0.1) is 5.41 Å². The molecule has 1 aliphatic carbocycles. The molecule has 4 rings (SSSR count). The zero-order valence-corrected chi connectivity index (χ0v) is 18.0. The molecule has 0 amide bonds. The van der Waals surface area contributed by atoms with Gasteiger partial charge in [0.2, 0.25) is 0 Å². The lowest BCUT2D eigenvalue weighted by Gasteiger charge is -2.41. The van der Waals surface area contributed by atoms with Gasteiger partial charge in [-0.15, -0.1) is 11.6 Å². The molecule has 0 radical (unpaired) electrons. The summed E-state index contributed by atoms with van der Waals surface area (Å²) in [7, 11) is 0. The Labute approximate surface area is 183 Å². The lowest BCUT2D eigenvalue weighted by Crippen LogP contribution is -2.51. The highest BCUT2D eigenvalue weighted by Crippen LogP contribution is 2.42. The smallest absolute Gasteiger partial charge is 0.296 e. The van der Waals surface area contributed by atoms with Gasteiger partial charge in [-0.1, -0.05) is 17.7 Å². The summed E-state index contributed by atoms with van der Waals surface area (Å²) in [6.45, 7) is 3.69. The number of allylic oxidation sites excluding steroid dienone is 4. The minimum atomic E-state index is -2.95. The Morgan fingerprint density at radius 2 is 2.07 bits per heavy atom. The average molecular weight is 461 g/mol. The van der Waals surface area contributed by atoms with E-state index in [2.05, 4.69) is 4.98 Å². The van der Waals surface area contributed by atoms with Crippen LogP contribution in [0.4, 0.5) is 14.6 Å². The molecular formula is C20H24Cl2F2N4O2. The first-order chi connectivity index (χ1) is 14.2. The third-order valence-corrected chi connectivity index (χ3v) is 7.40. The highest BCUT2D eigenvalue weighted by Gasteiger charge is 2.47. The van der Waals surface area contributed by atoms with Crippen molar-refractivity contribution in [1.29, 1.82) is 0 Å². The van der Waals surface area contributed by atoms with E-state index >= 15 is 0 Å². The van der Waals surface area contributed by atoms with Crippen molar-refractivity contribution >= 4 is 34.7 Å². The number of ether oxygens (including phenoxy) is 1. The molecule has 2 aliphatic heterocycles. The molecule has 6 nitrogen and oxygen atoms in total. The van der Waals surface area contributed by atoms with E-state index in [4.69, 9.17) is 33.7 Å². The van der Waals surface area contributed by atoms with Gasteiger partial charge in [0.15, 0.2) is 5.82 Å². The van der Waals surface area contributed by atoms with Crippen LogP contribution in [0.2, 0.25) is 0 Å². The fourth-order valence-corrected chi connectivity index (χ4v) is 4.97. The van der Waals surface area contributed by atoms with Crippen molar-refractivity contribution in [2.24, 2.45) is 11.1 Å². The molecule has 0 aromatic carbocycles. The maximum Gasteiger partial charge on any atom is 0.296 e. The summed E-state index contributed by atoms with van der Waals surface area (Å²) < 4.78 is 34.3. The minimum Gasteiger partial charge on any atom is -0.376 e. The zero-order valence-electron chi connectivity index (χ0n) is 16.5. The lowest BCUT2D eigenvalue weighted by atomic mass is 9.73. The molecule has 3 aliphatic rings. The van der Waals surface area contributed by atoms with Crippen LogP contribution < -0.4 is 16.2 Å². The van der Waals surface area contributed by atoms with Gasteiger partial charge in [0.25, 0.3) is 12.0 Å². The molecule has 1 aromatic rings. The monoisotopic (exact) mass is 460 g/mol. The topological polar surface area (TPSA) is 73.4 Å². The number of piperidine rings is 1. The second-order valence-electron chi connectivity index (χ2n) is 8.18. The number of anilines is 1. The normalized spacial score (nSPS) is 28.8. The standard InChI is InChI=1S/C20H24Cl2F2N4O2/c1-11-17(25)20(10-30-11)5-7-27(8-6-20)14-9-15(29)28(19(26-14)18(23)24)13-4-2-3-12(21)16(13)22/h2,4,9,11-12,17-18H,3,5-8,10,25H2,1H3/t11-,12-,17+/m0/s1. The molecule has 2 fully saturated rings. The summed E-state index contributed by atoms with van der Waals surface area (Å²) in [5.41, 5.74) is 5.75. The van der Waals surface area contributed by atoms with Crippen LogP contribution in [0.15, 0.2) is 28.0 Å². The molecule has 0 unspecified atom stereocenters. The van der Waals surface area contributed by atoms with Crippen molar-refractivity contribution in [2.75, 3.05) is 24.6 Å². The molecule has 10 heteroatoms. The summed E-state index contributed by atoms with van der Waals surface area (Å²) in [6.07, 6.45) is 2.25. The molecule has 0 saturated carbocycles. The molecule has 2 saturated heterocycles. The number of nitrogens with two attached hydrogens (primary N) is 1. The Morgan fingerprint density at radius 3 is 2.67 bits per heavy atom. The van der Waals surface area contributed by atoms with Crippen LogP contribution in [0.25, 0.3) is 5.70 Å². The first-order valence-corrected chi connectivity index (χ1v) is 10.8. The maximum atomic E-state index is 13.9. The molecular weight excluding hydrogens is 437 g/mol. The van der Waals surface area contributed by atoms with Crippen LogP contribution in [-0.2, 0) is 4.74 Å². The lowest BCUT2D eigenvalue weighted by molar-refractivity contribution is 0.0973. The number of aromatic nitrogens is 2. The van der Waals surface area contributed by atoms with Crippen LogP contribution in [0.3, 0.4) is 0 Å². The Bertz CT molecular complexity index is 941. The van der Waals surface area contributed by atoms with Gasteiger partial charge in [0, 0.05) is 30.6 Å². The fourth-order valence-electron chi connectivity index (χ4n) is 4.52. The quantitative estimate of drug-likeness (QED) is 0.698. The van der Waals surface area contributed by atoms with Crippen molar-refractivity contribution in [1.82, 2.24) is 9.55 Å². The highest BCUT2D eigenvalue weighted by atomic mass is 35.5. The Balaban J connectivity index is 1.65. The van der Waals surface area contributed by atoms with Crippen LogP contribution in [0.1, 0.15) is 38.4 Å². The third-order valence-electron chi connectivity index (χ3n) is 6.44. The first-order valence-electron chi connectivity index (χ1n) is 9.98. The van der Waals surface area contributed by atoms with Gasteiger partial charge >= 0.3 is 0 Å². The number of hydrogen-bond donors (Lipinski definition) is 1. The largest absolute Gasteiger partial charge is 0.376 e. The Hall–Kier alpha value is -1.48. The third kappa shape index (κ3) is 3.68. The summed E-state index contributed by atoms with van der Waals surface area (Å²) >= 11 is 12.4. The summed E-state index contributed by atoms with van der Waals surface area (Å²) in [5, 5.41) is -0.413. The van der Waals surface area contributed by atoms with Crippen molar-refractivity contribution in [3.63, 3.8) is 0 Å². The van der Waals surface area contributed by atoms with E-state index in [1.165, 1.54) is 12.1 Å². The van der Waals surface area contributed by atoms with E-state index in [-0.39, 0.29) is 34.1 Å². The molecule has 30 heavy (non-hydrogen) atoms. The highest BCUT2D eigenvalue weighted by molar-refractivity contribution is 6.39. The van der Waals surface area contributed by atoms with Crippen LogP contribution in [-0.4, -0.2) is 46.8 Å². The second-order valence-corrected chi connectivity index (χ2v) is 9.11. The molecule has 0 bridgehead atoms. The molecule has 164 valence electrons. The number of nitrogens with zero attached hydrogens (tertiary/aromatic N) is 3. The number of hydrogen-bond acceptors (Lipinski definition) is 5. The van der Waals surface area contributed by atoms with E-state index in [1.54, 1.807) is 6.08 Å². The summed E-state index contributed by atoms with van der Waals surface area (Å²) in [6, 6.07) is 1.22. The number of alkyl halides is 3. The molecule has 1 spiro atoms. The Kier molecular flexibility index (Phi) is 5.96. The first kappa shape index (κ1) is 21.7. The van der Waals surface area contributed by atoms with Crippen molar-refractivity contribution in [3.8, 4) is 0 Å². The number of halogens is 4. The molecule has 3 heterocycles. The van der Waals surface area contributed by atoms with E-state index < -0.39 is 23.2 Å². The second kappa shape index (κ2) is 8.22. The summed E-state index contributed by atoms with van der Waals surface area (Å²) in [4.78, 5) is 18.9. The van der Waals surface area contributed by atoms with Crippen molar-refractivity contribution in [2.45, 2.75) is 50.1 Å². The van der Waals surface area contributed by atoms with Gasteiger partial charge in [-0.3, -0.25) is 9.36 Å². The summed E-state index contributed by atoms with van der Waals surface area (Å²) in [5.74, 6) is -0.406. The molecule has 2 N–H and O–H groups in total. The Morgan fingerprint density at radius 1 is 1.37 bits per heavy atom. The van der Waals surface area contributed by atoms with Gasteiger partial charge in [-0.05, 0) is 32.3 Å². The predicted molar refractivity (Wildman–Crippen MR) is 113 cm³/mol. The average Bonchev–Trinajstić information content (AvgIpc) is 2.99. The SMILES string of the molecule is C[C@@H]1OCC2(CCN(c3cc(=O)n(C4=C(Cl)[C@@H](Cl)CC=C4)c(C(F)F)n3)CC2)[C@@H]1N. The van der Waals surface area contributed by atoms with E-state index in [1.807, 2.05) is 11.8 Å². The number of rotatable bonds is 3. The van der Waals surface area contributed by atoms with Gasteiger partial charge in [-0.2, -0.15) is 0 Å². The van der Waals surface area contributed by atoms with Gasteiger partial charge < -0.3 is 15.4 Å². The van der Waals surface area contributed by atoms with Crippen molar-refractivity contribution in [3.05, 3.63) is 39.4 Å². The maximum absolute atomic E-state index is 13.9. The molecule has 1 aromatic heterocycles. The van der Waals surface area contributed by atoms with Crippen molar-refractivity contribution < 1.29 is 13.5 Å². The van der Waals surface area contributed by atoms with E-state index in [0.717, 1.165) is 17.4 Å². The van der Waals surface area contributed by atoms with Gasteiger partial charge in [0.05, 0.1) is 28.8 Å². The minimum absolute atomic E-state index is 0.00336. The zero-order chi connectivity index (χ0) is 21.6. The van der Waals surface area contributed by atoms with E-state index in [9.17, 15) is 13.6 Å². The van der Waals surface area contributed by atoms with E-state index in [0.29, 0.717) is 26.1 Å². The van der Waals surface area contributed by atoms with Gasteiger partial charge in [-0.25, -0.2) is 13.8 Å². The van der Waals surface area contributed by atoms with Crippen LogP contribution in [0.5, 0.6) is 0 Å².